The van der Waals surface area contributed by atoms with Crippen molar-refractivity contribution in [3.63, 3.8) is 0 Å². The summed E-state index contributed by atoms with van der Waals surface area (Å²) in [7, 11) is 0. The summed E-state index contributed by atoms with van der Waals surface area (Å²) in [4.78, 5) is 0. The number of rotatable bonds is 4. The molecular weight excluding hydrogens is 176 g/mol. The van der Waals surface area contributed by atoms with E-state index in [0.717, 1.165) is 11.5 Å². The molecule has 0 atom stereocenters. The molecular formula is C12H14O2. The molecule has 1 aromatic carbocycles. The van der Waals surface area contributed by atoms with E-state index >= 15 is 0 Å². The molecule has 0 aliphatic rings. The van der Waals surface area contributed by atoms with Crippen molar-refractivity contribution in [2.75, 3.05) is 13.2 Å². The Hall–Kier alpha value is -1.62. The number of hydrogen-bond acceptors (Lipinski definition) is 2. The fourth-order valence-corrected chi connectivity index (χ4v) is 0.990. The van der Waals surface area contributed by atoms with Gasteiger partial charge in [-0.25, -0.2) is 0 Å². The first-order valence-electron chi connectivity index (χ1n) is 4.62. The lowest BCUT2D eigenvalue weighted by atomic mass is 10.3. The summed E-state index contributed by atoms with van der Waals surface area (Å²) in [5.74, 6) is 7.28. The van der Waals surface area contributed by atoms with Gasteiger partial charge in [-0.2, -0.15) is 0 Å². The molecule has 0 heterocycles. The quantitative estimate of drug-likeness (QED) is 0.679. The lowest BCUT2D eigenvalue weighted by Crippen LogP contribution is -1.94. The molecule has 0 saturated carbocycles. The van der Waals surface area contributed by atoms with Crippen LogP contribution in [0.3, 0.4) is 0 Å². The van der Waals surface area contributed by atoms with Gasteiger partial charge in [0.05, 0.1) is 6.61 Å². The molecule has 0 unspecified atom stereocenters. The van der Waals surface area contributed by atoms with Gasteiger partial charge in [0.25, 0.3) is 0 Å². The standard InChI is InChI=1S/C12H14O2/c1-3-5-10-14-12-8-6-11(7-9-12)13-4-2/h6-9H,4,10H2,1-2H3. The second kappa shape index (κ2) is 5.93. The maximum atomic E-state index is 5.35. The summed E-state index contributed by atoms with van der Waals surface area (Å²) in [6.07, 6.45) is 0. The monoisotopic (exact) mass is 190 g/mol. The van der Waals surface area contributed by atoms with Gasteiger partial charge in [0, 0.05) is 0 Å². The fraction of sp³-hybridized carbons (Fsp3) is 0.333. The second-order valence-corrected chi connectivity index (χ2v) is 2.62. The van der Waals surface area contributed by atoms with Gasteiger partial charge in [0.2, 0.25) is 0 Å². The van der Waals surface area contributed by atoms with Gasteiger partial charge < -0.3 is 9.47 Å². The van der Waals surface area contributed by atoms with Gasteiger partial charge in [0.15, 0.2) is 0 Å². The third-order valence-electron chi connectivity index (χ3n) is 1.62. The van der Waals surface area contributed by atoms with Crippen LogP contribution in [0.25, 0.3) is 0 Å². The molecule has 14 heavy (non-hydrogen) atoms. The fourth-order valence-electron chi connectivity index (χ4n) is 0.990. The Morgan fingerprint density at radius 2 is 1.64 bits per heavy atom. The molecule has 0 fully saturated rings. The van der Waals surface area contributed by atoms with Gasteiger partial charge in [-0.05, 0) is 38.1 Å². The zero-order chi connectivity index (χ0) is 10.2. The van der Waals surface area contributed by atoms with Crippen molar-refractivity contribution in [3.05, 3.63) is 24.3 Å². The average molecular weight is 190 g/mol. The highest BCUT2D eigenvalue weighted by Gasteiger charge is 1.93. The molecule has 1 aromatic rings. The van der Waals surface area contributed by atoms with Crippen LogP contribution in [0.1, 0.15) is 13.8 Å². The van der Waals surface area contributed by atoms with Crippen LogP contribution in [-0.2, 0) is 0 Å². The third-order valence-corrected chi connectivity index (χ3v) is 1.62. The summed E-state index contributed by atoms with van der Waals surface area (Å²) in [6.45, 7) is 4.87. The van der Waals surface area contributed by atoms with Crippen LogP contribution in [0.5, 0.6) is 11.5 Å². The van der Waals surface area contributed by atoms with Crippen molar-refractivity contribution >= 4 is 0 Å². The summed E-state index contributed by atoms with van der Waals surface area (Å²) in [6, 6.07) is 7.53. The predicted molar refractivity (Wildman–Crippen MR) is 56.6 cm³/mol. The average Bonchev–Trinajstić information content (AvgIpc) is 2.21. The van der Waals surface area contributed by atoms with Gasteiger partial charge in [-0.3, -0.25) is 0 Å². The molecule has 0 aliphatic carbocycles. The normalized spacial score (nSPS) is 8.71. The van der Waals surface area contributed by atoms with E-state index in [1.165, 1.54) is 0 Å². The van der Waals surface area contributed by atoms with Crippen LogP contribution in [-0.4, -0.2) is 13.2 Å². The predicted octanol–water partition coefficient (Wildman–Crippen LogP) is 2.49. The highest BCUT2D eigenvalue weighted by molar-refractivity contribution is 5.31. The summed E-state index contributed by atoms with van der Waals surface area (Å²) in [5, 5.41) is 0. The van der Waals surface area contributed by atoms with Crippen LogP contribution in [0.2, 0.25) is 0 Å². The number of ether oxygens (including phenoxy) is 2. The second-order valence-electron chi connectivity index (χ2n) is 2.62. The molecule has 0 aromatic heterocycles. The Morgan fingerprint density at radius 3 is 2.14 bits per heavy atom. The Balaban J connectivity index is 2.49. The molecule has 2 nitrogen and oxygen atoms in total. The molecule has 0 aliphatic heterocycles. The minimum atomic E-state index is 0.435. The van der Waals surface area contributed by atoms with Crippen molar-refractivity contribution in [3.8, 4) is 23.3 Å². The Labute approximate surface area is 84.8 Å². The highest BCUT2D eigenvalue weighted by Crippen LogP contribution is 2.17. The number of benzene rings is 1. The first-order chi connectivity index (χ1) is 6.86. The largest absolute Gasteiger partial charge is 0.494 e. The molecule has 0 radical (unpaired) electrons. The van der Waals surface area contributed by atoms with E-state index in [1.807, 2.05) is 31.2 Å². The van der Waals surface area contributed by atoms with E-state index in [4.69, 9.17) is 9.47 Å². The SMILES string of the molecule is CC#CCOc1ccc(OCC)cc1. The van der Waals surface area contributed by atoms with E-state index in [-0.39, 0.29) is 0 Å². The zero-order valence-electron chi connectivity index (χ0n) is 8.54. The molecule has 74 valence electrons. The van der Waals surface area contributed by atoms with Crippen molar-refractivity contribution in [2.24, 2.45) is 0 Å². The van der Waals surface area contributed by atoms with E-state index in [9.17, 15) is 0 Å². The molecule has 0 N–H and O–H groups in total. The van der Waals surface area contributed by atoms with Gasteiger partial charge >= 0.3 is 0 Å². The van der Waals surface area contributed by atoms with E-state index in [2.05, 4.69) is 11.8 Å². The highest BCUT2D eigenvalue weighted by atomic mass is 16.5. The molecule has 0 spiro atoms. The van der Waals surface area contributed by atoms with Gasteiger partial charge in [0.1, 0.15) is 18.1 Å². The summed E-state index contributed by atoms with van der Waals surface area (Å²) >= 11 is 0. The minimum absolute atomic E-state index is 0.435. The Bertz CT molecular complexity index is 316. The third kappa shape index (κ3) is 3.40. The first kappa shape index (κ1) is 10.5. The lowest BCUT2D eigenvalue weighted by Gasteiger charge is -2.04. The lowest BCUT2D eigenvalue weighted by molar-refractivity contribution is 0.337. The van der Waals surface area contributed by atoms with E-state index in [1.54, 1.807) is 6.92 Å². The Kier molecular flexibility index (Phi) is 4.43. The van der Waals surface area contributed by atoms with Crippen molar-refractivity contribution in [2.45, 2.75) is 13.8 Å². The summed E-state index contributed by atoms with van der Waals surface area (Å²) < 4.78 is 10.7. The van der Waals surface area contributed by atoms with Crippen LogP contribution in [0.4, 0.5) is 0 Å². The minimum Gasteiger partial charge on any atom is -0.494 e. The molecule has 1 rings (SSSR count). The van der Waals surface area contributed by atoms with Crippen molar-refractivity contribution in [1.82, 2.24) is 0 Å². The number of hydrogen-bond donors (Lipinski definition) is 0. The smallest absolute Gasteiger partial charge is 0.149 e. The molecule has 0 amide bonds. The molecule has 0 saturated heterocycles. The van der Waals surface area contributed by atoms with E-state index < -0.39 is 0 Å². The first-order valence-corrected chi connectivity index (χ1v) is 4.62. The molecule has 0 bridgehead atoms. The van der Waals surface area contributed by atoms with Gasteiger partial charge in [-0.15, -0.1) is 5.92 Å². The van der Waals surface area contributed by atoms with Crippen LogP contribution < -0.4 is 9.47 Å². The van der Waals surface area contributed by atoms with Crippen LogP contribution >= 0.6 is 0 Å². The van der Waals surface area contributed by atoms with Gasteiger partial charge in [-0.1, -0.05) is 5.92 Å². The summed E-state index contributed by atoms with van der Waals surface area (Å²) in [5.41, 5.74) is 0. The van der Waals surface area contributed by atoms with Crippen LogP contribution in [0, 0.1) is 11.8 Å². The van der Waals surface area contributed by atoms with E-state index in [0.29, 0.717) is 13.2 Å². The Morgan fingerprint density at radius 1 is 1.07 bits per heavy atom. The maximum Gasteiger partial charge on any atom is 0.149 e. The van der Waals surface area contributed by atoms with Crippen LogP contribution in [0.15, 0.2) is 24.3 Å². The zero-order valence-corrected chi connectivity index (χ0v) is 8.54. The van der Waals surface area contributed by atoms with Crippen molar-refractivity contribution in [1.29, 1.82) is 0 Å². The van der Waals surface area contributed by atoms with Crippen molar-refractivity contribution < 1.29 is 9.47 Å². The topological polar surface area (TPSA) is 18.5 Å². The maximum absolute atomic E-state index is 5.35. The molecule has 2 heteroatoms.